The number of nitrogens with one attached hydrogen (secondary N) is 1. The van der Waals surface area contributed by atoms with Crippen LogP contribution in [-0.2, 0) is 6.54 Å². The average Bonchev–Trinajstić information content (AvgIpc) is 3.06. The minimum absolute atomic E-state index is 0.305. The lowest BCUT2D eigenvalue weighted by Crippen LogP contribution is -2.00. The number of oxazole rings is 1. The van der Waals surface area contributed by atoms with Gasteiger partial charge >= 0.3 is 0 Å². The van der Waals surface area contributed by atoms with Gasteiger partial charge in [0.25, 0.3) is 6.01 Å². The van der Waals surface area contributed by atoms with Crippen LogP contribution in [0.4, 0.5) is 10.4 Å². The van der Waals surface area contributed by atoms with Crippen LogP contribution >= 0.6 is 0 Å². The molecule has 4 rings (SSSR count). The number of aromatic nitrogens is 2. The van der Waals surface area contributed by atoms with E-state index in [2.05, 4.69) is 15.3 Å². The van der Waals surface area contributed by atoms with E-state index in [1.807, 2.05) is 30.3 Å². The van der Waals surface area contributed by atoms with Crippen molar-refractivity contribution in [3.8, 4) is 11.6 Å². The van der Waals surface area contributed by atoms with Gasteiger partial charge in [0.05, 0.1) is 0 Å². The van der Waals surface area contributed by atoms with Crippen LogP contribution in [0.2, 0.25) is 0 Å². The van der Waals surface area contributed by atoms with E-state index in [1.54, 1.807) is 24.4 Å². The SMILES string of the molecule is Fc1ccc(Oc2ccc(CNc3nc4ccccc4o3)cn2)cc1. The zero-order valence-electron chi connectivity index (χ0n) is 13.1. The third kappa shape index (κ3) is 3.58. The van der Waals surface area contributed by atoms with Gasteiger partial charge in [0, 0.05) is 18.8 Å². The Morgan fingerprint density at radius 2 is 1.84 bits per heavy atom. The van der Waals surface area contributed by atoms with Crippen LogP contribution < -0.4 is 10.1 Å². The summed E-state index contributed by atoms with van der Waals surface area (Å²) in [6.07, 6.45) is 1.70. The molecule has 2 aromatic heterocycles. The second-order valence-corrected chi connectivity index (χ2v) is 5.40. The summed E-state index contributed by atoms with van der Waals surface area (Å²) in [5.74, 6) is 0.671. The van der Waals surface area contributed by atoms with E-state index in [4.69, 9.17) is 9.15 Å². The lowest BCUT2D eigenvalue weighted by atomic mass is 10.3. The summed E-state index contributed by atoms with van der Waals surface area (Å²) >= 11 is 0. The number of fused-ring (bicyclic) bond motifs is 1. The first-order chi connectivity index (χ1) is 12.3. The van der Waals surface area contributed by atoms with Gasteiger partial charge in [-0.3, -0.25) is 0 Å². The van der Waals surface area contributed by atoms with Crippen LogP contribution in [0.1, 0.15) is 5.56 Å². The van der Waals surface area contributed by atoms with Crippen molar-refractivity contribution in [3.63, 3.8) is 0 Å². The van der Waals surface area contributed by atoms with Crippen molar-refractivity contribution in [1.82, 2.24) is 9.97 Å². The second kappa shape index (κ2) is 6.60. The Bertz CT molecular complexity index is 949. The summed E-state index contributed by atoms with van der Waals surface area (Å²) in [5.41, 5.74) is 2.51. The third-order valence-corrected chi connectivity index (χ3v) is 3.57. The molecule has 0 atom stereocenters. The fourth-order valence-corrected chi connectivity index (χ4v) is 2.32. The highest BCUT2D eigenvalue weighted by atomic mass is 19.1. The molecular weight excluding hydrogens is 321 g/mol. The van der Waals surface area contributed by atoms with Crippen LogP contribution in [0.3, 0.4) is 0 Å². The average molecular weight is 335 g/mol. The highest BCUT2D eigenvalue weighted by molar-refractivity contribution is 5.74. The minimum Gasteiger partial charge on any atom is -0.439 e. The summed E-state index contributed by atoms with van der Waals surface area (Å²) in [7, 11) is 0. The molecule has 0 radical (unpaired) electrons. The zero-order valence-corrected chi connectivity index (χ0v) is 13.1. The Morgan fingerprint density at radius 1 is 1.00 bits per heavy atom. The summed E-state index contributed by atoms with van der Waals surface area (Å²) < 4.78 is 24.0. The highest BCUT2D eigenvalue weighted by Gasteiger charge is 2.05. The minimum atomic E-state index is -0.305. The molecule has 124 valence electrons. The van der Waals surface area contributed by atoms with E-state index in [0.717, 1.165) is 16.7 Å². The molecule has 0 spiro atoms. The molecule has 0 aliphatic rings. The number of ether oxygens (including phenoxy) is 1. The van der Waals surface area contributed by atoms with Gasteiger partial charge in [0.2, 0.25) is 5.88 Å². The van der Waals surface area contributed by atoms with E-state index in [0.29, 0.717) is 24.2 Å². The summed E-state index contributed by atoms with van der Waals surface area (Å²) in [6.45, 7) is 0.524. The van der Waals surface area contributed by atoms with Gasteiger partial charge in [-0.05, 0) is 42.0 Å². The zero-order chi connectivity index (χ0) is 17.1. The van der Waals surface area contributed by atoms with Crippen molar-refractivity contribution in [3.05, 3.63) is 78.2 Å². The summed E-state index contributed by atoms with van der Waals surface area (Å²) in [5, 5.41) is 3.13. The smallest absolute Gasteiger partial charge is 0.295 e. The Balaban J connectivity index is 1.39. The van der Waals surface area contributed by atoms with E-state index in [-0.39, 0.29) is 5.82 Å². The first-order valence-corrected chi connectivity index (χ1v) is 7.74. The summed E-state index contributed by atoms with van der Waals surface area (Å²) in [4.78, 5) is 8.60. The largest absolute Gasteiger partial charge is 0.439 e. The van der Waals surface area contributed by atoms with E-state index in [1.165, 1.54) is 12.1 Å². The Kier molecular flexibility index (Phi) is 4.00. The maximum atomic E-state index is 12.9. The van der Waals surface area contributed by atoms with Crippen molar-refractivity contribution in [2.75, 3.05) is 5.32 Å². The number of hydrogen-bond acceptors (Lipinski definition) is 5. The molecule has 4 aromatic rings. The van der Waals surface area contributed by atoms with Crippen molar-refractivity contribution in [2.45, 2.75) is 6.54 Å². The van der Waals surface area contributed by atoms with Gasteiger partial charge in [-0.15, -0.1) is 0 Å². The van der Waals surface area contributed by atoms with Crippen LogP contribution in [0, 0.1) is 5.82 Å². The number of rotatable bonds is 5. The van der Waals surface area contributed by atoms with Crippen molar-refractivity contribution >= 4 is 17.1 Å². The number of benzene rings is 2. The van der Waals surface area contributed by atoms with Gasteiger partial charge in [-0.1, -0.05) is 18.2 Å². The van der Waals surface area contributed by atoms with Gasteiger partial charge in [-0.2, -0.15) is 4.98 Å². The predicted molar refractivity (Wildman–Crippen MR) is 92.0 cm³/mol. The number of pyridine rings is 1. The Hall–Kier alpha value is -3.41. The summed E-state index contributed by atoms with van der Waals surface area (Å²) in [6, 6.07) is 17.5. The van der Waals surface area contributed by atoms with Crippen LogP contribution in [0.25, 0.3) is 11.1 Å². The first kappa shape index (κ1) is 15.1. The van der Waals surface area contributed by atoms with Gasteiger partial charge in [-0.25, -0.2) is 9.37 Å². The monoisotopic (exact) mass is 335 g/mol. The number of para-hydroxylation sites is 2. The normalized spacial score (nSPS) is 10.8. The van der Waals surface area contributed by atoms with Crippen LogP contribution in [-0.4, -0.2) is 9.97 Å². The van der Waals surface area contributed by atoms with Gasteiger partial charge in [0.15, 0.2) is 5.58 Å². The number of hydrogen-bond donors (Lipinski definition) is 1. The molecule has 2 heterocycles. The number of nitrogens with zero attached hydrogens (tertiary/aromatic N) is 2. The molecule has 1 N–H and O–H groups in total. The fraction of sp³-hybridized carbons (Fsp3) is 0.0526. The second-order valence-electron chi connectivity index (χ2n) is 5.40. The Labute approximate surface area is 143 Å². The first-order valence-electron chi connectivity index (χ1n) is 7.74. The molecule has 0 saturated heterocycles. The maximum Gasteiger partial charge on any atom is 0.295 e. The van der Waals surface area contributed by atoms with Gasteiger partial charge < -0.3 is 14.5 Å². The van der Waals surface area contributed by atoms with E-state index >= 15 is 0 Å². The number of halogens is 1. The molecule has 6 heteroatoms. The predicted octanol–water partition coefficient (Wildman–Crippen LogP) is 4.77. The molecule has 0 bridgehead atoms. The van der Waals surface area contributed by atoms with Crippen molar-refractivity contribution < 1.29 is 13.5 Å². The van der Waals surface area contributed by atoms with E-state index < -0.39 is 0 Å². The lowest BCUT2D eigenvalue weighted by molar-refractivity contribution is 0.461. The van der Waals surface area contributed by atoms with Crippen molar-refractivity contribution in [1.29, 1.82) is 0 Å². The van der Waals surface area contributed by atoms with Crippen molar-refractivity contribution in [2.24, 2.45) is 0 Å². The van der Waals surface area contributed by atoms with Gasteiger partial charge in [0.1, 0.15) is 17.1 Å². The molecule has 0 aliphatic heterocycles. The molecule has 0 saturated carbocycles. The molecular formula is C19H14FN3O2. The highest BCUT2D eigenvalue weighted by Crippen LogP contribution is 2.21. The van der Waals surface area contributed by atoms with E-state index in [9.17, 15) is 4.39 Å². The third-order valence-electron chi connectivity index (χ3n) is 3.57. The topological polar surface area (TPSA) is 60.2 Å². The standard InChI is InChI=1S/C19H14FN3O2/c20-14-6-8-15(9-7-14)24-18-10-5-13(11-21-18)12-22-19-23-16-3-1-2-4-17(16)25-19/h1-11H,12H2,(H,22,23). The maximum absolute atomic E-state index is 12.9. The quantitative estimate of drug-likeness (QED) is 0.569. The Morgan fingerprint density at radius 3 is 2.60 bits per heavy atom. The molecule has 0 aliphatic carbocycles. The molecule has 0 unspecified atom stereocenters. The van der Waals surface area contributed by atoms with Crippen LogP contribution in [0.15, 0.2) is 71.3 Å². The number of anilines is 1. The van der Waals surface area contributed by atoms with Crippen LogP contribution in [0.5, 0.6) is 11.6 Å². The molecule has 0 amide bonds. The molecule has 25 heavy (non-hydrogen) atoms. The lowest BCUT2D eigenvalue weighted by Gasteiger charge is -2.06. The molecule has 2 aromatic carbocycles. The molecule has 0 fully saturated rings. The fourth-order valence-electron chi connectivity index (χ4n) is 2.32. The molecule has 5 nitrogen and oxygen atoms in total.